The van der Waals surface area contributed by atoms with Crippen LogP contribution in [0.3, 0.4) is 0 Å². The molecule has 0 spiro atoms. The van der Waals surface area contributed by atoms with Gasteiger partial charge in [0.15, 0.2) is 5.78 Å². The van der Waals surface area contributed by atoms with E-state index in [2.05, 4.69) is 20.8 Å². The van der Waals surface area contributed by atoms with E-state index in [0.717, 1.165) is 24.8 Å². The molecule has 2 aromatic carbocycles. The Morgan fingerprint density at radius 2 is 1.59 bits per heavy atom. The first kappa shape index (κ1) is 21.0. The molecule has 0 aromatic heterocycles. The number of hydrogen-bond donors (Lipinski definition) is 0. The van der Waals surface area contributed by atoms with E-state index in [9.17, 15) is 9.59 Å². The Bertz CT molecular complexity index is 852. The molecule has 1 aliphatic rings. The molecule has 0 unspecified atom stereocenters. The highest BCUT2D eigenvalue weighted by atomic mass is 16.5. The molecule has 1 aliphatic carbocycles. The van der Waals surface area contributed by atoms with Crippen molar-refractivity contribution in [2.24, 2.45) is 17.8 Å². The fourth-order valence-corrected chi connectivity index (χ4v) is 4.13. The summed E-state index contributed by atoms with van der Waals surface area (Å²) in [5.41, 5.74) is 1.38. The van der Waals surface area contributed by atoms with Gasteiger partial charge in [0.25, 0.3) is 0 Å². The summed E-state index contributed by atoms with van der Waals surface area (Å²) < 4.78 is 5.98. The van der Waals surface area contributed by atoms with Crippen molar-refractivity contribution in [3.8, 4) is 0 Å². The van der Waals surface area contributed by atoms with E-state index in [4.69, 9.17) is 4.74 Å². The van der Waals surface area contributed by atoms with Crippen LogP contribution in [0.15, 0.2) is 66.2 Å². The molecular weight excluding hydrogens is 360 g/mol. The Balaban J connectivity index is 1.90. The van der Waals surface area contributed by atoms with Gasteiger partial charge in [-0.2, -0.15) is 0 Å². The second kappa shape index (κ2) is 9.69. The molecule has 0 saturated heterocycles. The standard InChI is InChI=1S/C26H30O3/c1-18(2)22-15-14-19(3)16-24(22)29-26(28)23(17-20-10-6-4-7-11-20)25(27)21-12-8-5-9-13-21/h4-13,17-19,22,24H,14-16H2,1-3H3/b23-17+/t19-,22+,24+/m0/s1. The van der Waals surface area contributed by atoms with Crippen molar-refractivity contribution in [1.29, 1.82) is 0 Å². The normalized spacial score (nSPS) is 22.3. The minimum atomic E-state index is -0.521. The van der Waals surface area contributed by atoms with Crippen molar-refractivity contribution in [3.63, 3.8) is 0 Å². The first-order valence-corrected chi connectivity index (χ1v) is 10.5. The Morgan fingerprint density at radius 3 is 2.21 bits per heavy atom. The number of carbonyl (C=O) groups excluding carboxylic acids is 2. The molecule has 1 saturated carbocycles. The number of benzene rings is 2. The summed E-state index contributed by atoms with van der Waals surface area (Å²) in [7, 11) is 0. The van der Waals surface area contributed by atoms with Gasteiger partial charge >= 0.3 is 5.97 Å². The summed E-state index contributed by atoms with van der Waals surface area (Å²) in [5.74, 6) is 0.470. The summed E-state index contributed by atoms with van der Waals surface area (Å²) in [6, 6.07) is 18.4. The van der Waals surface area contributed by atoms with Crippen molar-refractivity contribution >= 4 is 17.8 Å². The number of esters is 1. The van der Waals surface area contributed by atoms with Gasteiger partial charge in [-0.3, -0.25) is 4.79 Å². The third kappa shape index (κ3) is 5.44. The van der Waals surface area contributed by atoms with Crippen LogP contribution in [0.25, 0.3) is 6.08 Å². The van der Waals surface area contributed by atoms with Crippen LogP contribution in [0.5, 0.6) is 0 Å². The van der Waals surface area contributed by atoms with Crippen molar-refractivity contribution in [2.75, 3.05) is 0 Å². The summed E-state index contributed by atoms with van der Waals surface area (Å²) in [6.45, 7) is 6.56. The molecule has 0 N–H and O–H groups in total. The molecule has 0 radical (unpaired) electrons. The quantitative estimate of drug-likeness (QED) is 0.201. The van der Waals surface area contributed by atoms with Gasteiger partial charge in [-0.15, -0.1) is 0 Å². The lowest BCUT2D eigenvalue weighted by molar-refractivity contribution is -0.150. The van der Waals surface area contributed by atoms with E-state index in [1.165, 1.54) is 0 Å². The maximum absolute atomic E-state index is 13.2. The van der Waals surface area contributed by atoms with E-state index in [1.807, 2.05) is 36.4 Å². The second-order valence-electron chi connectivity index (χ2n) is 8.43. The van der Waals surface area contributed by atoms with Crippen LogP contribution in [-0.2, 0) is 9.53 Å². The monoisotopic (exact) mass is 390 g/mol. The van der Waals surface area contributed by atoms with Crippen molar-refractivity contribution in [3.05, 3.63) is 77.4 Å². The maximum Gasteiger partial charge on any atom is 0.342 e. The summed E-state index contributed by atoms with van der Waals surface area (Å²) in [5, 5.41) is 0. The number of Topliss-reactive ketones (excluding diaryl/α,β-unsaturated/α-hetero) is 1. The van der Waals surface area contributed by atoms with E-state index in [-0.39, 0.29) is 17.5 Å². The molecule has 3 rings (SSSR count). The number of hydrogen-bond acceptors (Lipinski definition) is 3. The van der Waals surface area contributed by atoms with Gasteiger partial charge in [0, 0.05) is 5.56 Å². The third-order valence-electron chi connectivity index (χ3n) is 5.83. The van der Waals surface area contributed by atoms with Crippen LogP contribution in [0.2, 0.25) is 0 Å². The van der Waals surface area contributed by atoms with Crippen LogP contribution in [0.4, 0.5) is 0 Å². The van der Waals surface area contributed by atoms with E-state index in [1.54, 1.807) is 30.3 Å². The molecule has 152 valence electrons. The fraction of sp³-hybridized carbons (Fsp3) is 0.385. The van der Waals surface area contributed by atoms with E-state index >= 15 is 0 Å². The van der Waals surface area contributed by atoms with Gasteiger partial charge in [-0.05, 0) is 42.2 Å². The molecule has 0 amide bonds. The van der Waals surface area contributed by atoms with Gasteiger partial charge in [0.2, 0.25) is 0 Å². The Kier molecular flexibility index (Phi) is 7.03. The van der Waals surface area contributed by atoms with E-state index in [0.29, 0.717) is 23.3 Å². The molecule has 0 heterocycles. The zero-order valence-corrected chi connectivity index (χ0v) is 17.5. The molecule has 0 bridgehead atoms. The van der Waals surface area contributed by atoms with Gasteiger partial charge < -0.3 is 4.74 Å². The van der Waals surface area contributed by atoms with Crippen LogP contribution < -0.4 is 0 Å². The number of ether oxygens (including phenoxy) is 1. The Labute approximate surface area is 173 Å². The predicted octanol–water partition coefficient (Wildman–Crippen LogP) is 5.96. The van der Waals surface area contributed by atoms with Crippen molar-refractivity contribution < 1.29 is 14.3 Å². The smallest absolute Gasteiger partial charge is 0.342 e. The first-order valence-electron chi connectivity index (χ1n) is 10.5. The van der Waals surface area contributed by atoms with Crippen LogP contribution in [0, 0.1) is 17.8 Å². The zero-order valence-electron chi connectivity index (χ0n) is 17.5. The molecule has 3 atom stereocenters. The molecular formula is C26H30O3. The van der Waals surface area contributed by atoms with Crippen molar-refractivity contribution in [2.45, 2.75) is 46.1 Å². The van der Waals surface area contributed by atoms with Crippen LogP contribution >= 0.6 is 0 Å². The van der Waals surface area contributed by atoms with Crippen LogP contribution in [-0.4, -0.2) is 17.9 Å². The molecule has 0 aliphatic heterocycles. The number of rotatable bonds is 6. The number of ketones is 1. The van der Waals surface area contributed by atoms with Gasteiger partial charge in [-0.25, -0.2) is 4.79 Å². The van der Waals surface area contributed by atoms with E-state index < -0.39 is 5.97 Å². The number of carbonyl (C=O) groups is 2. The molecule has 3 heteroatoms. The molecule has 2 aromatic rings. The molecule has 3 nitrogen and oxygen atoms in total. The highest BCUT2D eigenvalue weighted by Gasteiger charge is 2.35. The lowest BCUT2D eigenvalue weighted by Crippen LogP contribution is -2.36. The Hall–Kier alpha value is -2.68. The summed E-state index contributed by atoms with van der Waals surface area (Å²) >= 11 is 0. The van der Waals surface area contributed by atoms with Gasteiger partial charge in [0.05, 0.1) is 0 Å². The molecule has 1 fully saturated rings. The largest absolute Gasteiger partial charge is 0.458 e. The third-order valence-corrected chi connectivity index (χ3v) is 5.83. The predicted molar refractivity (Wildman–Crippen MR) is 116 cm³/mol. The minimum Gasteiger partial charge on any atom is -0.458 e. The first-order chi connectivity index (χ1) is 14.0. The molecule has 29 heavy (non-hydrogen) atoms. The average molecular weight is 391 g/mol. The Morgan fingerprint density at radius 1 is 0.966 bits per heavy atom. The lowest BCUT2D eigenvalue weighted by atomic mass is 9.75. The van der Waals surface area contributed by atoms with Gasteiger partial charge in [0.1, 0.15) is 11.7 Å². The average Bonchev–Trinajstić information content (AvgIpc) is 2.72. The lowest BCUT2D eigenvalue weighted by Gasteiger charge is -2.36. The highest BCUT2D eigenvalue weighted by Crippen LogP contribution is 2.36. The van der Waals surface area contributed by atoms with Crippen molar-refractivity contribution in [1.82, 2.24) is 0 Å². The SMILES string of the molecule is CC(C)[C@H]1CC[C@H](C)C[C@H]1OC(=O)/C(=C/c1ccccc1)C(=O)c1ccccc1. The maximum atomic E-state index is 13.2. The van der Waals surface area contributed by atoms with Crippen LogP contribution in [0.1, 0.15) is 56.0 Å². The summed E-state index contributed by atoms with van der Waals surface area (Å²) in [6.07, 6.45) is 4.57. The minimum absolute atomic E-state index is 0.0862. The second-order valence-corrected chi connectivity index (χ2v) is 8.43. The fourth-order valence-electron chi connectivity index (χ4n) is 4.13. The summed E-state index contributed by atoms with van der Waals surface area (Å²) in [4.78, 5) is 26.3. The zero-order chi connectivity index (χ0) is 20.8. The topological polar surface area (TPSA) is 43.4 Å². The highest BCUT2D eigenvalue weighted by molar-refractivity contribution is 6.26. The van der Waals surface area contributed by atoms with Gasteiger partial charge in [-0.1, -0.05) is 87.9 Å².